The maximum absolute atomic E-state index is 13.0. The van der Waals surface area contributed by atoms with Crippen molar-refractivity contribution in [3.8, 4) is 0 Å². The van der Waals surface area contributed by atoms with E-state index in [-0.39, 0.29) is 24.9 Å². The van der Waals surface area contributed by atoms with E-state index in [1.165, 1.54) is 12.1 Å². The summed E-state index contributed by atoms with van der Waals surface area (Å²) in [6, 6.07) is 9.50. The molecule has 0 spiro atoms. The quantitative estimate of drug-likeness (QED) is 0.899. The Hall–Kier alpha value is -2.80. The molecule has 1 atom stereocenters. The second-order valence-corrected chi connectivity index (χ2v) is 6.51. The fourth-order valence-electron chi connectivity index (χ4n) is 2.89. The van der Waals surface area contributed by atoms with Crippen LogP contribution >= 0.6 is 0 Å². The predicted octanol–water partition coefficient (Wildman–Crippen LogP) is 1.53. The van der Waals surface area contributed by atoms with E-state index < -0.39 is 11.5 Å². The number of carbonyl (C=O) groups excluding carboxylic acids is 2. The lowest BCUT2D eigenvalue weighted by atomic mass is 10.0. The lowest BCUT2D eigenvalue weighted by Gasteiger charge is -2.38. The van der Waals surface area contributed by atoms with Crippen molar-refractivity contribution in [2.75, 3.05) is 19.7 Å². The topological polar surface area (TPSA) is 85.5 Å². The lowest BCUT2D eigenvalue weighted by Crippen LogP contribution is -2.58. The number of nitrogens with zero attached hydrogens (tertiary/aromatic N) is 2. The molecule has 1 aliphatic heterocycles. The highest BCUT2D eigenvalue weighted by Gasteiger charge is 2.39. The average Bonchev–Trinajstić information content (AvgIpc) is 2.63. The Labute approximate surface area is 150 Å². The molecule has 1 aromatic heterocycles. The van der Waals surface area contributed by atoms with Crippen LogP contribution in [0.3, 0.4) is 0 Å². The first kappa shape index (κ1) is 18.0. The summed E-state index contributed by atoms with van der Waals surface area (Å²) >= 11 is 0. The molecule has 3 rings (SSSR count). The highest BCUT2D eigenvalue weighted by Crippen LogP contribution is 2.19. The Morgan fingerprint density at radius 2 is 2.04 bits per heavy atom. The molecule has 1 aliphatic rings. The Morgan fingerprint density at radius 1 is 1.31 bits per heavy atom. The van der Waals surface area contributed by atoms with Gasteiger partial charge >= 0.3 is 0 Å². The van der Waals surface area contributed by atoms with Crippen LogP contribution in [0.25, 0.3) is 0 Å². The van der Waals surface area contributed by atoms with Crippen molar-refractivity contribution in [3.63, 3.8) is 0 Å². The fraction of sp³-hybridized carbons (Fsp3) is 0.316. The van der Waals surface area contributed by atoms with Gasteiger partial charge in [-0.05, 0) is 36.8 Å². The summed E-state index contributed by atoms with van der Waals surface area (Å²) in [5.74, 6) is -1.10. The Balaban J connectivity index is 1.75. The minimum absolute atomic E-state index is 0.108. The first-order valence-corrected chi connectivity index (χ1v) is 8.30. The molecule has 2 aromatic rings. The summed E-state index contributed by atoms with van der Waals surface area (Å²) in [6.07, 6.45) is 2.06. The number of hydrogen-bond donors (Lipinski definition) is 1. The number of hydrogen-bond acceptors (Lipinski definition) is 4. The van der Waals surface area contributed by atoms with E-state index in [4.69, 9.17) is 10.5 Å². The molecular formula is C19H20FN3O3. The van der Waals surface area contributed by atoms with Gasteiger partial charge in [0.1, 0.15) is 5.82 Å². The third kappa shape index (κ3) is 3.88. The third-order valence-electron chi connectivity index (χ3n) is 4.44. The molecular weight excluding hydrogens is 337 g/mol. The summed E-state index contributed by atoms with van der Waals surface area (Å²) in [4.78, 5) is 30.2. The van der Waals surface area contributed by atoms with Crippen LogP contribution in [0, 0.1) is 5.82 Å². The van der Waals surface area contributed by atoms with Crippen molar-refractivity contribution in [1.82, 2.24) is 9.88 Å². The van der Waals surface area contributed by atoms with Gasteiger partial charge in [-0.2, -0.15) is 0 Å². The van der Waals surface area contributed by atoms with Gasteiger partial charge in [-0.1, -0.05) is 12.1 Å². The number of morpholine rings is 1. The summed E-state index contributed by atoms with van der Waals surface area (Å²) < 4.78 is 18.5. The highest BCUT2D eigenvalue weighted by molar-refractivity contribution is 5.95. The van der Waals surface area contributed by atoms with Gasteiger partial charge in [-0.3, -0.25) is 14.6 Å². The predicted molar refractivity (Wildman–Crippen MR) is 92.9 cm³/mol. The van der Waals surface area contributed by atoms with Gasteiger partial charge in [0.2, 0.25) is 0 Å². The van der Waals surface area contributed by atoms with Crippen LogP contribution in [-0.2, 0) is 16.0 Å². The van der Waals surface area contributed by atoms with Crippen LogP contribution in [0.15, 0.2) is 42.6 Å². The van der Waals surface area contributed by atoms with Gasteiger partial charge < -0.3 is 15.4 Å². The molecule has 7 heteroatoms. The van der Waals surface area contributed by atoms with Crippen LogP contribution in [0.4, 0.5) is 4.39 Å². The van der Waals surface area contributed by atoms with Crippen molar-refractivity contribution < 1.29 is 18.7 Å². The minimum Gasteiger partial charge on any atom is -0.367 e. The number of pyridine rings is 1. The third-order valence-corrected chi connectivity index (χ3v) is 4.44. The molecule has 136 valence electrons. The van der Waals surface area contributed by atoms with Crippen LogP contribution in [0.2, 0.25) is 0 Å². The highest BCUT2D eigenvalue weighted by atomic mass is 19.1. The summed E-state index contributed by atoms with van der Waals surface area (Å²) in [6.45, 7) is 2.33. The van der Waals surface area contributed by atoms with E-state index in [1.807, 2.05) is 0 Å². The smallest absolute Gasteiger partial charge is 0.254 e. The van der Waals surface area contributed by atoms with Crippen molar-refractivity contribution in [2.24, 2.45) is 5.73 Å². The monoisotopic (exact) mass is 357 g/mol. The Bertz CT molecular complexity index is 825. The number of primary amides is 1. The SMILES string of the molecule is C[C@@]1(C(N)=O)CN(C(=O)c2ccnc(Cc3ccc(F)cc3)c2)CCO1. The van der Waals surface area contributed by atoms with E-state index in [2.05, 4.69) is 4.98 Å². The van der Waals surface area contributed by atoms with Crippen molar-refractivity contribution in [1.29, 1.82) is 0 Å². The molecule has 26 heavy (non-hydrogen) atoms. The number of benzene rings is 1. The van der Waals surface area contributed by atoms with Crippen molar-refractivity contribution in [3.05, 3.63) is 65.2 Å². The van der Waals surface area contributed by atoms with Gasteiger partial charge in [0.15, 0.2) is 5.60 Å². The van der Waals surface area contributed by atoms with Crippen LogP contribution < -0.4 is 5.73 Å². The lowest BCUT2D eigenvalue weighted by molar-refractivity contribution is -0.150. The van der Waals surface area contributed by atoms with Gasteiger partial charge in [-0.25, -0.2) is 4.39 Å². The van der Waals surface area contributed by atoms with Crippen LogP contribution in [0.5, 0.6) is 0 Å². The minimum atomic E-state index is -1.18. The van der Waals surface area contributed by atoms with E-state index in [1.54, 1.807) is 42.3 Å². The van der Waals surface area contributed by atoms with Gasteiger partial charge in [0, 0.05) is 30.4 Å². The van der Waals surface area contributed by atoms with Crippen LogP contribution in [0.1, 0.15) is 28.5 Å². The molecule has 2 amide bonds. The number of carbonyl (C=O) groups is 2. The molecule has 2 N–H and O–H groups in total. The zero-order valence-electron chi connectivity index (χ0n) is 14.4. The van der Waals surface area contributed by atoms with E-state index in [0.29, 0.717) is 24.2 Å². The van der Waals surface area contributed by atoms with Gasteiger partial charge in [0.25, 0.3) is 11.8 Å². The number of aromatic nitrogens is 1. The van der Waals surface area contributed by atoms with Gasteiger partial charge in [0.05, 0.1) is 13.2 Å². The van der Waals surface area contributed by atoms with E-state index in [0.717, 1.165) is 5.56 Å². The van der Waals surface area contributed by atoms with Crippen molar-refractivity contribution in [2.45, 2.75) is 18.9 Å². The first-order valence-electron chi connectivity index (χ1n) is 8.30. The van der Waals surface area contributed by atoms with E-state index in [9.17, 15) is 14.0 Å². The van der Waals surface area contributed by atoms with E-state index >= 15 is 0 Å². The molecule has 2 heterocycles. The average molecular weight is 357 g/mol. The normalized spacial score (nSPS) is 20.0. The van der Waals surface area contributed by atoms with Crippen molar-refractivity contribution >= 4 is 11.8 Å². The maximum atomic E-state index is 13.0. The number of halogens is 1. The first-order chi connectivity index (χ1) is 12.4. The number of ether oxygens (including phenoxy) is 1. The second-order valence-electron chi connectivity index (χ2n) is 6.51. The largest absolute Gasteiger partial charge is 0.367 e. The summed E-state index contributed by atoms with van der Waals surface area (Å²) in [5.41, 5.74) is 6.28. The zero-order valence-corrected chi connectivity index (χ0v) is 14.4. The molecule has 1 aromatic carbocycles. The molecule has 0 bridgehead atoms. The molecule has 0 unspecified atom stereocenters. The molecule has 0 saturated carbocycles. The molecule has 0 aliphatic carbocycles. The molecule has 6 nitrogen and oxygen atoms in total. The summed E-state index contributed by atoms with van der Waals surface area (Å²) in [5, 5.41) is 0. The van der Waals surface area contributed by atoms with Crippen LogP contribution in [-0.4, -0.2) is 47.0 Å². The fourth-order valence-corrected chi connectivity index (χ4v) is 2.89. The number of rotatable bonds is 4. The van der Waals surface area contributed by atoms with Gasteiger partial charge in [-0.15, -0.1) is 0 Å². The number of nitrogens with two attached hydrogens (primary N) is 1. The second kappa shape index (κ2) is 7.21. The number of amides is 2. The molecule has 0 radical (unpaired) electrons. The molecule has 1 saturated heterocycles. The zero-order chi connectivity index (χ0) is 18.7. The Kier molecular flexibility index (Phi) is 4.99. The maximum Gasteiger partial charge on any atom is 0.254 e. The standard InChI is InChI=1S/C19H20FN3O3/c1-19(18(21)25)12-23(8-9-26-19)17(24)14-6-7-22-16(11-14)10-13-2-4-15(20)5-3-13/h2-7,11H,8-10,12H2,1H3,(H2,21,25)/t19-/m0/s1. The molecule has 1 fully saturated rings. The summed E-state index contributed by atoms with van der Waals surface area (Å²) in [7, 11) is 0. The Morgan fingerprint density at radius 3 is 2.73 bits per heavy atom.